The molecule has 1 N–H and O–H groups in total. The monoisotopic (exact) mass is 378 g/mol. The van der Waals surface area contributed by atoms with Gasteiger partial charge >= 0.3 is 0 Å². The molecule has 2 aromatic rings. The van der Waals surface area contributed by atoms with Gasteiger partial charge in [0.25, 0.3) is 15.9 Å². The molecular formula is C18H19FN2O4S. The van der Waals surface area contributed by atoms with Crippen LogP contribution in [0.1, 0.15) is 15.9 Å². The fourth-order valence-electron chi connectivity index (χ4n) is 2.67. The minimum Gasteiger partial charge on any atom is -0.378 e. The molecule has 1 aliphatic rings. The summed E-state index contributed by atoms with van der Waals surface area (Å²) in [6.45, 7) is 3.65. The summed E-state index contributed by atoms with van der Waals surface area (Å²) in [6, 6.07) is 9.42. The second kappa shape index (κ2) is 7.43. The summed E-state index contributed by atoms with van der Waals surface area (Å²) in [4.78, 5) is 14.3. The number of carbonyl (C=O) groups is 1. The highest BCUT2D eigenvalue weighted by Crippen LogP contribution is 2.21. The molecule has 1 aliphatic heterocycles. The Labute approximate surface area is 151 Å². The lowest BCUT2D eigenvalue weighted by Crippen LogP contribution is -2.41. The number of nitrogens with one attached hydrogen (secondary N) is 1. The van der Waals surface area contributed by atoms with E-state index in [0.29, 0.717) is 37.4 Å². The first kappa shape index (κ1) is 18.3. The summed E-state index contributed by atoms with van der Waals surface area (Å²) in [6.07, 6.45) is 0. The SMILES string of the molecule is Cc1ccc(S(=O)(=O)Nc2ccc(F)cc2)cc1C(=O)N1CCOCC1. The van der Waals surface area contributed by atoms with Crippen LogP contribution < -0.4 is 4.72 Å². The number of carbonyl (C=O) groups excluding carboxylic acids is 1. The quantitative estimate of drug-likeness (QED) is 0.887. The van der Waals surface area contributed by atoms with Crippen LogP contribution in [-0.4, -0.2) is 45.5 Å². The molecule has 0 spiro atoms. The van der Waals surface area contributed by atoms with Crippen LogP contribution in [0.15, 0.2) is 47.4 Å². The van der Waals surface area contributed by atoms with E-state index in [4.69, 9.17) is 4.74 Å². The maximum atomic E-state index is 13.0. The van der Waals surface area contributed by atoms with E-state index in [1.807, 2.05) is 0 Å². The summed E-state index contributed by atoms with van der Waals surface area (Å²) in [5, 5.41) is 0. The zero-order valence-corrected chi connectivity index (χ0v) is 15.1. The lowest BCUT2D eigenvalue weighted by molar-refractivity contribution is 0.0302. The van der Waals surface area contributed by atoms with Crippen molar-refractivity contribution in [3.8, 4) is 0 Å². The topological polar surface area (TPSA) is 75.7 Å². The molecule has 1 heterocycles. The van der Waals surface area contributed by atoms with Crippen molar-refractivity contribution in [3.05, 3.63) is 59.4 Å². The van der Waals surface area contributed by atoms with Crippen LogP contribution in [-0.2, 0) is 14.8 Å². The maximum absolute atomic E-state index is 13.0. The molecular weight excluding hydrogens is 359 g/mol. The lowest BCUT2D eigenvalue weighted by Gasteiger charge is -2.27. The highest BCUT2D eigenvalue weighted by Gasteiger charge is 2.23. The van der Waals surface area contributed by atoms with E-state index >= 15 is 0 Å². The Balaban J connectivity index is 1.88. The normalized spacial score (nSPS) is 14.9. The number of benzene rings is 2. The first-order valence-corrected chi connectivity index (χ1v) is 9.61. The van der Waals surface area contributed by atoms with E-state index in [0.717, 1.165) is 0 Å². The molecule has 0 atom stereocenters. The second-order valence-electron chi connectivity index (χ2n) is 5.99. The molecule has 8 heteroatoms. The van der Waals surface area contributed by atoms with Crippen LogP contribution in [0.25, 0.3) is 0 Å². The number of sulfonamides is 1. The van der Waals surface area contributed by atoms with E-state index in [-0.39, 0.29) is 16.5 Å². The van der Waals surface area contributed by atoms with Crippen molar-refractivity contribution in [2.45, 2.75) is 11.8 Å². The average Bonchev–Trinajstić information content (AvgIpc) is 2.64. The van der Waals surface area contributed by atoms with Gasteiger partial charge in [-0.25, -0.2) is 12.8 Å². The second-order valence-corrected chi connectivity index (χ2v) is 7.68. The van der Waals surface area contributed by atoms with Gasteiger partial charge in [-0.2, -0.15) is 0 Å². The average molecular weight is 378 g/mol. The summed E-state index contributed by atoms with van der Waals surface area (Å²) in [5.41, 5.74) is 1.28. The van der Waals surface area contributed by atoms with E-state index in [1.54, 1.807) is 17.9 Å². The molecule has 6 nitrogen and oxygen atoms in total. The van der Waals surface area contributed by atoms with Gasteiger partial charge in [0.2, 0.25) is 0 Å². The predicted octanol–water partition coefficient (Wildman–Crippen LogP) is 2.41. The van der Waals surface area contributed by atoms with Gasteiger partial charge in [-0.3, -0.25) is 9.52 Å². The third kappa shape index (κ3) is 4.03. The summed E-state index contributed by atoms with van der Waals surface area (Å²) >= 11 is 0. The molecule has 1 amide bonds. The van der Waals surface area contributed by atoms with Crippen LogP contribution in [0.3, 0.4) is 0 Å². The van der Waals surface area contributed by atoms with Crippen LogP contribution in [0.4, 0.5) is 10.1 Å². The van der Waals surface area contributed by atoms with E-state index in [1.165, 1.54) is 36.4 Å². The Hall–Kier alpha value is -2.45. The van der Waals surface area contributed by atoms with Crippen LogP contribution >= 0.6 is 0 Å². The molecule has 1 fully saturated rings. The van der Waals surface area contributed by atoms with E-state index in [2.05, 4.69) is 4.72 Å². The summed E-state index contributed by atoms with van der Waals surface area (Å²) in [5.74, 6) is -0.675. The molecule has 3 rings (SSSR count). The Morgan fingerprint density at radius 2 is 1.77 bits per heavy atom. The summed E-state index contributed by atoms with van der Waals surface area (Å²) in [7, 11) is -3.90. The number of aryl methyl sites for hydroxylation is 1. The minimum absolute atomic E-state index is 0.0240. The van der Waals surface area contributed by atoms with Gasteiger partial charge in [0.15, 0.2) is 0 Å². The Morgan fingerprint density at radius 3 is 2.42 bits per heavy atom. The number of ether oxygens (including phenoxy) is 1. The number of rotatable bonds is 4. The minimum atomic E-state index is -3.90. The molecule has 0 aromatic heterocycles. The Kier molecular flexibility index (Phi) is 5.24. The molecule has 0 bridgehead atoms. The van der Waals surface area contributed by atoms with Crippen molar-refractivity contribution >= 4 is 21.6 Å². The third-order valence-corrected chi connectivity index (χ3v) is 5.52. The lowest BCUT2D eigenvalue weighted by atomic mass is 10.1. The molecule has 2 aromatic carbocycles. The zero-order chi connectivity index (χ0) is 18.7. The van der Waals surface area contributed by atoms with Crippen molar-refractivity contribution in [1.82, 2.24) is 4.90 Å². The Bertz CT molecular complexity index is 907. The van der Waals surface area contributed by atoms with Gasteiger partial charge in [0.05, 0.1) is 18.1 Å². The molecule has 1 saturated heterocycles. The predicted molar refractivity (Wildman–Crippen MR) is 95.1 cm³/mol. The Morgan fingerprint density at radius 1 is 1.12 bits per heavy atom. The van der Waals surface area contributed by atoms with Crippen molar-refractivity contribution in [1.29, 1.82) is 0 Å². The van der Waals surface area contributed by atoms with Crippen molar-refractivity contribution < 1.29 is 22.3 Å². The number of amides is 1. The maximum Gasteiger partial charge on any atom is 0.261 e. The first-order valence-electron chi connectivity index (χ1n) is 8.13. The largest absolute Gasteiger partial charge is 0.378 e. The van der Waals surface area contributed by atoms with Crippen molar-refractivity contribution in [3.63, 3.8) is 0 Å². The number of hydrogen-bond acceptors (Lipinski definition) is 4. The molecule has 0 unspecified atom stereocenters. The van der Waals surface area contributed by atoms with E-state index in [9.17, 15) is 17.6 Å². The van der Waals surface area contributed by atoms with Gasteiger partial charge in [0, 0.05) is 24.3 Å². The molecule has 0 aliphatic carbocycles. The molecule has 138 valence electrons. The van der Waals surface area contributed by atoms with E-state index < -0.39 is 15.8 Å². The number of anilines is 1. The number of halogens is 1. The van der Waals surface area contributed by atoms with Gasteiger partial charge in [-0.05, 0) is 48.9 Å². The molecule has 0 saturated carbocycles. The standard InChI is InChI=1S/C18H19FN2O4S/c1-13-2-7-16(12-17(13)18(22)21-8-10-25-11-9-21)26(23,24)20-15-5-3-14(19)4-6-15/h2-7,12,20H,8-11H2,1H3. The third-order valence-electron chi connectivity index (χ3n) is 4.14. The van der Waals surface area contributed by atoms with Crippen molar-refractivity contribution in [2.24, 2.45) is 0 Å². The zero-order valence-electron chi connectivity index (χ0n) is 14.2. The fourth-order valence-corrected chi connectivity index (χ4v) is 3.75. The number of nitrogens with zero attached hydrogens (tertiary/aromatic N) is 1. The van der Waals surface area contributed by atoms with Crippen LogP contribution in [0.2, 0.25) is 0 Å². The fraction of sp³-hybridized carbons (Fsp3) is 0.278. The highest BCUT2D eigenvalue weighted by molar-refractivity contribution is 7.92. The number of hydrogen-bond donors (Lipinski definition) is 1. The van der Waals surface area contributed by atoms with Gasteiger partial charge in [-0.1, -0.05) is 6.07 Å². The van der Waals surface area contributed by atoms with Crippen LogP contribution in [0.5, 0.6) is 0 Å². The first-order chi connectivity index (χ1) is 12.4. The summed E-state index contributed by atoms with van der Waals surface area (Å²) < 4.78 is 45.8. The van der Waals surface area contributed by atoms with Gasteiger partial charge in [-0.15, -0.1) is 0 Å². The van der Waals surface area contributed by atoms with Crippen molar-refractivity contribution in [2.75, 3.05) is 31.0 Å². The molecule has 26 heavy (non-hydrogen) atoms. The van der Waals surface area contributed by atoms with Gasteiger partial charge in [0.1, 0.15) is 5.82 Å². The number of morpholine rings is 1. The van der Waals surface area contributed by atoms with Gasteiger partial charge < -0.3 is 9.64 Å². The molecule has 0 radical (unpaired) electrons. The highest BCUT2D eigenvalue weighted by atomic mass is 32.2. The van der Waals surface area contributed by atoms with Crippen LogP contribution in [0, 0.1) is 12.7 Å². The smallest absolute Gasteiger partial charge is 0.261 e.